The molecule has 318 valence electrons. The fourth-order valence-corrected chi connectivity index (χ4v) is 9.58. The van der Waals surface area contributed by atoms with E-state index >= 15 is 13.2 Å². The van der Waals surface area contributed by atoms with Crippen LogP contribution in [-0.4, -0.2) is 107 Å². The minimum atomic E-state index is -3.02. The molecule has 9 rings (SSSR count). The number of benzene rings is 2. The summed E-state index contributed by atoms with van der Waals surface area (Å²) in [6, 6.07) is 11.5. The van der Waals surface area contributed by atoms with Gasteiger partial charge in [-0.1, -0.05) is 29.8 Å². The number of carbonyl (C=O) groups excluding carboxylic acids is 4. The van der Waals surface area contributed by atoms with Crippen LogP contribution in [0, 0.1) is 11.2 Å². The molecule has 1 unspecified atom stereocenters. The zero-order chi connectivity index (χ0) is 42.8. The first-order chi connectivity index (χ1) is 29.3. The Kier molecular flexibility index (Phi) is 10.2. The molecule has 2 aromatic heterocycles. The maximum Gasteiger partial charge on any atom is 0.328 e. The Morgan fingerprint density at radius 3 is 2.48 bits per heavy atom. The van der Waals surface area contributed by atoms with Crippen LogP contribution >= 0.6 is 11.6 Å². The third-order valence-corrected chi connectivity index (χ3v) is 13.0. The van der Waals surface area contributed by atoms with E-state index in [2.05, 4.69) is 32.0 Å². The monoisotopic (exact) mass is 857 g/mol. The number of nitrogens with one attached hydrogen (secondary N) is 3. The Labute approximate surface area is 353 Å². The fraction of sp³-hybridized carbons (Fsp3) is 0.381. The van der Waals surface area contributed by atoms with Gasteiger partial charge in [-0.05, 0) is 73.7 Å². The molecule has 3 fully saturated rings. The first-order valence-electron chi connectivity index (χ1n) is 20.1. The van der Waals surface area contributed by atoms with Crippen LogP contribution < -0.4 is 31.6 Å². The number of nitrogens with zero attached hydrogens (tertiary/aromatic N) is 7. The number of fused-ring (bicyclic) bond motifs is 2. The van der Waals surface area contributed by atoms with E-state index in [0.717, 1.165) is 45.1 Å². The number of rotatable bonds is 8. The molecular formula is C42H43ClF3N11O4. The van der Waals surface area contributed by atoms with Crippen LogP contribution in [0.25, 0.3) is 17.0 Å². The van der Waals surface area contributed by atoms with Gasteiger partial charge in [0.15, 0.2) is 11.6 Å². The second-order valence-electron chi connectivity index (χ2n) is 16.2. The zero-order valence-electron chi connectivity index (χ0n) is 33.2. The molecule has 5 aliphatic rings. The van der Waals surface area contributed by atoms with Crippen LogP contribution in [0.5, 0.6) is 0 Å². The van der Waals surface area contributed by atoms with Crippen molar-refractivity contribution >= 4 is 52.4 Å². The zero-order valence-corrected chi connectivity index (χ0v) is 33.9. The van der Waals surface area contributed by atoms with Gasteiger partial charge in [0.2, 0.25) is 5.91 Å². The van der Waals surface area contributed by atoms with Crippen molar-refractivity contribution < 1.29 is 32.3 Å². The number of amides is 5. The highest BCUT2D eigenvalue weighted by Gasteiger charge is 2.57. The number of primary amides is 1. The van der Waals surface area contributed by atoms with E-state index in [0.29, 0.717) is 25.5 Å². The first kappa shape index (κ1) is 40.3. The standard InChI is InChI=1S/C42H43ClF3N11O4/c1-48-30-19-34(52-57-33(37(47)59)21-50-38(30)57)55-12-7-27-26(3-2-4-31(27)55)29-6-5-24(20-49-29)22-53-14-9-41(42(45,46)23-53)10-15-54(16-11-41)39(60)25-17-28(43)36(44)32(18-25)56-13-8-35(58)51-40(56)61/h2-6,17-21,34,48,52H,7-16,22-23H2,1H3,(H2,47,59)(H,51,58,61). The van der Waals surface area contributed by atoms with Gasteiger partial charge in [-0.25, -0.2) is 27.6 Å². The Bertz CT molecular complexity index is 2490. The van der Waals surface area contributed by atoms with Gasteiger partial charge in [0.25, 0.3) is 17.7 Å². The number of hydrogen-bond acceptors (Lipinski definition) is 10. The van der Waals surface area contributed by atoms with Gasteiger partial charge in [0, 0.05) is 74.6 Å². The SMILES string of the molecule is CNC1=CC(N2CCc3c(-c4ccc(CN5CCC6(CCN(C(=O)c7cc(Cl)c(F)c(N8CCC(=O)NC8=O)c7)CC6)C(F)(F)C5)cn4)cccc32)Nn2c(C(N)=O)cnc21. The number of urea groups is 1. The van der Waals surface area contributed by atoms with Gasteiger partial charge in [-0.2, -0.15) is 0 Å². The summed E-state index contributed by atoms with van der Waals surface area (Å²) >= 11 is 6.14. The van der Waals surface area contributed by atoms with E-state index in [1.54, 1.807) is 22.8 Å². The van der Waals surface area contributed by atoms with E-state index < -0.39 is 47.5 Å². The second-order valence-corrected chi connectivity index (χ2v) is 16.6. The van der Waals surface area contributed by atoms with E-state index in [1.807, 2.05) is 30.3 Å². The van der Waals surface area contributed by atoms with Crippen molar-refractivity contribution in [2.75, 3.05) is 61.5 Å². The highest BCUT2D eigenvalue weighted by Crippen LogP contribution is 2.51. The molecule has 15 nitrogen and oxygen atoms in total. The predicted octanol–water partition coefficient (Wildman–Crippen LogP) is 4.55. The summed E-state index contributed by atoms with van der Waals surface area (Å²) in [6.07, 6.45) is 6.07. The summed E-state index contributed by atoms with van der Waals surface area (Å²) in [7, 11) is 1.80. The molecule has 7 heterocycles. The largest absolute Gasteiger partial charge is 0.385 e. The lowest BCUT2D eigenvalue weighted by Gasteiger charge is -2.51. The lowest BCUT2D eigenvalue weighted by atomic mass is 9.68. The number of halogens is 4. The van der Waals surface area contributed by atoms with E-state index in [9.17, 15) is 19.2 Å². The van der Waals surface area contributed by atoms with Gasteiger partial charge in [-0.15, -0.1) is 0 Å². The second kappa shape index (κ2) is 15.4. The first-order valence-corrected chi connectivity index (χ1v) is 20.5. The minimum Gasteiger partial charge on any atom is -0.385 e. The molecule has 5 aliphatic heterocycles. The molecule has 5 amide bonds. The Morgan fingerprint density at radius 2 is 1.77 bits per heavy atom. The highest BCUT2D eigenvalue weighted by molar-refractivity contribution is 6.31. The Hall–Kier alpha value is -6.14. The lowest BCUT2D eigenvalue weighted by Crippen LogP contribution is -2.59. The molecular weight excluding hydrogens is 815 g/mol. The molecule has 0 aliphatic carbocycles. The molecule has 1 spiro atoms. The number of alkyl halides is 2. The number of nitrogens with two attached hydrogens (primary N) is 1. The summed E-state index contributed by atoms with van der Waals surface area (Å²) in [5, 5.41) is 4.92. The van der Waals surface area contributed by atoms with Crippen LogP contribution in [0.15, 0.2) is 60.9 Å². The number of anilines is 2. The smallest absolute Gasteiger partial charge is 0.328 e. The summed E-state index contributed by atoms with van der Waals surface area (Å²) in [6.45, 7) is 1.11. The average Bonchev–Trinajstić information content (AvgIpc) is 3.89. The topological polar surface area (TPSA) is 174 Å². The van der Waals surface area contributed by atoms with Crippen molar-refractivity contribution in [2.24, 2.45) is 11.1 Å². The molecule has 4 aromatic rings. The molecule has 0 saturated carbocycles. The summed E-state index contributed by atoms with van der Waals surface area (Å²) < 4.78 is 49.0. The normalized spacial score (nSPS) is 20.8. The summed E-state index contributed by atoms with van der Waals surface area (Å²) in [5.74, 6) is -4.95. The number of piperidine rings is 2. The molecule has 3 saturated heterocycles. The van der Waals surface area contributed by atoms with Crippen LogP contribution in [0.3, 0.4) is 0 Å². The molecule has 19 heteroatoms. The molecule has 2 aromatic carbocycles. The van der Waals surface area contributed by atoms with Crippen LogP contribution in [0.4, 0.5) is 29.3 Å². The minimum absolute atomic E-state index is 0.0231. The Balaban J connectivity index is 0.832. The third kappa shape index (κ3) is 7.10. The van der Waals surface area contributed by atoms with E-state index in [-0.39, 0.29) is 73.5 Å². The number of hydrogen-bond donors (Lipinski definition) is 4. The number of aromatic nitrogens is 3. The van der Waals surface area contributed by atoms with Crippen molar-refractivity contribution in [1.29, 1.82) is 0 Å². The summed E-state index contributed by atoms with van der Waals surface area (Å²) in [5.41, 5.74) is 13.2. The van der Waals surface area contributed by atoms with Crippen molar-refractivity contribution in [2.45, 2.75) is 50.7 Å². The Morgan fingerprint density at radius 1 is 0.984 bits per heavy atom. The van der Waals surface area contributed by atoms with Crippen molar-refractivity contribution in [3.05, 3.63) is 100.0 Å². The number of carbonyl (C=O) groups is 4. The van der Waals surface area contributed by atoms with Gasteiger partial charge in [-0.3, -0.25) is 39.9 Å². The predicted molar refractivity (Wildman–Crippen MR) is 221 cm³/mol. The lowest BCUT2D eigenvalue weighted by molar-refractivity contribution is -0.186. The number of likely N-dealkylation sites (tertiary alicyclic amines) is 2. The van der Waals surface area contributed by atoms with Crippen LogP contribution in [0.1, 0.15) is 63.5 Å². The maximum atomic E-state index is 16.2. The molecule has 0 radical (unpaired) electrons. The maximum absolute atomic E-state index is 16.2. The van der Waals surface area contributed by atoms with Gasteiger partial charge >= 0.3 is 6.03 Å². The molecule has 5 N–H and O–H groups in total. The van der Waals surface area contributed by atoms with Crippen molar-refractivity contribution in [3.63, 3.8) is 0 Å². The molecule has 0 bridgehead atoms. The number of imide groups is 1. The third-order valence-electron chi connectivity index (χ3n) is 12.7. The molecule has 61 heavy (non-hydrogen) atoms. The van der Waals surface area contributed by atoms with Crippen molar-refractivity contribution in [3.8, 4) is 11.3 Å². The number of imidazole rings is 1. The summed E-state index contributed by atoms with van der Waals surface area (Å²) in [4.78, 5) is 65.3. The van der Waals surface area contributed by atoms with Gasteiger partial charge in [0.05, 0.1) is 34.8 Å². The van der Waals surface area contributed by atoms with Crippen LogP contribution in [-0.2, 0) is 17.8 Å². The molecule has 1 atom stereocenters. The quantitative estimate of drug-likeness (QED) is 0.197. The van der Waals surface area contributed by atoms with Gasteiger partial charge < -0.3 is 20.9 Å². The van der Waals surface area contributed by atoms with Gasteiger partial charge in [0.1, 0.15) is 11.9 Å². The van der Waals surface area contributed by atoms with E-state index in [1.165, 1.54) is 23.2 Å². The van der Waals surface area contributed by atoms with Crippen molar-refractivity contribution in [1.82, 2.24) is 35.1 Å². The van der Waals surface area contributed by atoms with Crippen LogP contribution in [0.2, 0.25) is 5.02 Å². The highest BCUT2D eigenvalue weighted by atomic mass is 35.5. The van der Waals surface area contributed by atoms with E-state index in [4.69, 9.17) is 22.3 Å². The fourth-order valence-electron chi connectivity index (χ4n) is 9.37. The number of pyridine rings is 1. The average molecular weight is 858 g/mol.